The third kappa shape index (κ3) is 5.71. The fourth-order valence-corrected chi connectivity index (χ4v) is 1.44. The molecule has 1 aromatic carbocycles. The van der Waals surface area contributed by atoms with Crippen LogP contribution in [-0.4, -0.2) is 24.4 Å². The molecule has 0 aliphatic heterocycles. The molecule has 1 unspecified atom stereocenters. The van der Waals surface area contributed by atoms with Gasteiger partial charge < -0.3 is 15.2 Å². The zero-order valence-electron chi connectivity index (χ0n) is 10.8. The molecule has 0 saturated carbocycles. The summed E-state index contributed by atoms with van der Waals surface area (Å²) in [6.07, 6.45) is 2.09. The van der Waals surface area contributed by atoms with Gasteiger partial charge in [-0.1, -0.05) is 19.1 Å². The van der Waals surface area contributed by atoms with E-state index in [9.17, 15) is 0 Å². The van der Waals surface area contributed by atoms with E-state index >= 15 is 0 Å². The van der Waals surface area contributed by atoms with Crippen molar-refractivity contribution in [3.8, 4) is 5.75 Å². The summed E-state index contributed by atoms with van der Waals surface area (Å²) < 4.78 is 5.71. The van der Waals surface area contributed by atoms with Gasteiger partial charge >= 0.3 is 0 Å². The van der Waals surface area contributed by atoms with Crippen LogP contribution in [0.15, 0.2) is 24.3 Å². The molecule has 0 radical (unpaired) electrons. The van der Waals surface area contributed by atoms with E-state index in [1.54, 1.807) is 0 Å². The highest BCUT2D eigenvalue weighted by Crippen LogP contribution is 2.14. The molecule has 96 valence electrons. The molecule has 2 N–H and O–H groups in total. The summed E-state index contributed by atoms with van der Waals surface area (Å²) in [5.74, 6) is 0.929. The molecule has 0 aliphatic carbocycles. The first-order valence-corrected chi connectivity index (χ1v) is 6.33. The summed E-state index contributed by atoms with van der Waals surface area (Å²) in [5.41, 5.74) is 1.24. The van der Waals surface area contributed by atoms with Crippen molar-refractivity contribution in [2.45, 2.75) is 39.3 Å². The van der Waals surface area contributed by atoms with Crippen LogP contribution in [0, 0.1) is 0 Å². The molecule has 0 spiro atoms. The van der Waals surface area contributed by atoms with Gasteiger partial charge in [0.2, 0.25) is 0 Å². The molecule has 3 nitrogen and oxygen atoms in total. The maximum Gasteiger partial charge on any atom is 0.119 e. The second-order valence-electron chi connectivity index (χ2n) is 4.23. The molecule has 3 heteroatoms. The number of hydrogen-bond donors (Lipinski definition) is 2. The Balaban J connectivity index is 2.34. The van der Waals surface area contributed by atoms with Crippen molar-refractivity contribution < 1.29 is 9.84 Å². The van der Waals surface area contributed by atoms with Crippen molar-refractivity contribution >= 4 is 0 Å². The van der Waals surface area contributed by atoms with Crippen LogP contribution in [0.2, 0.25) is 0 Å². The van der Waals surface area contributed by atoms with E-state index in [1.165, 1.54) is 5.56 Å². The van der Waals surface area contributed by atoms with E-state index in [2.05, 4.69) is 31.3 Å². The van der Waals surface area contributed by atoms with Gasteiger partial charge in [0.1, 0.15) is 5.75 Å². The first-order valence-electron chi connectivity index (χ1n) is 6.33. The summed E-state index contributed by atoms with van der Waals surface area (Å²) in [6.45, 7) is 6.12. The van der Waals surface area contributed by atoms with Crippen molar-refractivity contribution in [2.24, 2.45) is 0 Å². The van der Waals surface area contributed by atoms with E-state index in [4.69, 9.17) is 9.84 Å². The molecule has 17 heavy (non-hydrogen) atoms. The van der Waals surface area contributed by atoms with Crippen LogP contribution in [0.5, 0.6) is 5.75 Å². The second-order valence-corrected chi connectivity index (χ2v) is 4.23. The third-order valence-corrected chi connectivity index (χ3v) is 2.68. The Hall–Kier alpha value is -1.06. The summed E-state index contributed by atoms with van der Waals surface area (Å²) in [4.78, 5) is 0. The van der Waals surface area contributed by atoms with Gasteiger partial charge in [0, 0.05) is 13.2 Å². The normalized spacial score (nSPS) is 12.4. The predicted molar refractivity (Wildman–Crippen MR) is 70.2 cm³/mol. The summed E-state index contributed by atoms with van der Waals surface area (Å²) in [7, 11) is 0. The number of rotatable bonds is 8. The first kappa shape index (κ1) is 14.0. The monoisotopic (exact) mass is 237 g/mol. The zero-order chi connectivity index (χ0) is 12.5. The van der Waals surface area contributed by atoms with Gasteiger partial charge in [-0.3, -0.25) is 0 Å². The molecule has 1 rings (SSSR count). The number of nitrogens with one attached hydrogen (secondary N) is 1. The summed E-state index contributed by atoms with van der Waals surface area (Å²) >= 11 is 0. The van der Waals surface area contributed by atoms with Crippen molar-refractivity contribution in [1.29, 1.82) is 0 Å². The maximum absolute atomic E-state index is 8.65. The average Bonchev–Trinajstić information content (AvgIpc) is 2.36. The fourth-order valence-electron chi connectivity index (χ4n) is 1.44. The first-order chi connectivity index (χ1) is 8.26. The van der Waals surface area contributed by atoms with Gasteiger partial charge in [0.15, 0.2) is 0 Å². The molecule has 0 bridgehead atoms. The topological polar surface area (TPSA) is 41.5 Å². The fraction of sp³-hybridized carbons (Fsp3) is 0.571. The van der Waals surface area contributed by atoms with Gasteiger partial charge in [0.05, 0.1) is 6.10 Å². The third-order valence-electron chi connectivity index (χ3n) is 2.68. The molecule has 0 amide bonds. The lowest BCUT2D eigenvalue weighted by molar-refractivity contribution is 0.217. The van der Waals surface area contributed by atoms with E-state index in [-0.39, 0.29) is 12.7 Å². The van der Waals surface area contributed by atoms with Crippen molar-refractivity contribution in [1.82, 2.24) is 5.32 Å². The molecule has 1 atom stereocenters. The van der Waals surface area contributed by atoms with Crippen LogP contribution in [0.3, 0.4) is 0 Å². The Bertz CT molecular complexity index is 298. The van der Waals surface area contributed by atoms with E-state index < -0.39 is 0 Å². The van der Waals surface area contributed by atoms with E-state index in [1.807, 2.05) is 12.1 Å². The molecular weight excluding hydrogens is 214 g/mol. The van der Waals surface area contributed by atoms with Crippen LogP contribution >= 0.6 is 0 Å². The summed E-state index contributed by atoms with van der Waals surface area (Å²) in [6, 6.07) is 8.16. The van der Waals surface area contributed by atoms with Gasteiger partial charge in [-0.15, -0.1) is 0 Å². The standard InChI is InChI=1S/C14H23NO2/c1-3-12(2)17-14-7-5-13(6-8-14)11-15-9-4-10-16/h5-8,12,15-16H,3-4,9-11H2,1-2H3. The smallest absolute Gasteiger partial charge is 0.119 e. The predicted octanol–water partition coefficient (Wildman–Crippen LogP) is 2.34. The zero-order valence-corrected chi connectivity index (χ0v) is 10.8. The average molecular weight is 237 g/mol. The molecule has 1 aromatic rings. The molecule has 0 fully saturated rings. The maximum atomic E-state index is 8.65. The van der Waals surface area contributed by atoms with Crippen molar-refractivity contribution in [2.75, 3.05) is 13.2 Å². The second kappa shape index (κ2) is 8.09. The Kier molecular flexibility index (Phi) is 6.67. The number of hydrogen-bond acceptors (Lipinski definition) is 3. The lowest BCUT2D eigenvalue weighted by Crippen LogP contribution is -2.15. The summed E-state index contributed by atoms with van der Waals surface area (Å²) in [5, 5.41) is 11.9. The molecular formula is C14H23NO2. The quantitative estimate of drug-likeness (QED) is 0.682. The van der Waals surface area contributed by atoms with Gasteiger partial charge in [-0.2, -0.15) is 0 Å². The number of aliphatic hydroxyl groups is 1. The highest BCUT2D eigenvalue weighted by atomic mass is 16.5. The molecule has 0 heterocycles. The largest absolute Gasteiger partial charge is 0.491 e. The molecule has 0 saturated heterocycles. The molecule has 0 aromatic heterocycles. The molecule has 0 aliphatic rings. The number of aliphatic hydroxyl groups excluding tert-OH is 1. The van der Waals surface area contributed by atoms with Crippen LogP contribution in [0.1, 0.15) is 32.3 Å². The lowest BCUT2D eigenvalue weighted by Gasteiger charge is -2.12. The minimum absolute atomic E-state index is 0.245. The Morgan fingerprint density at radius 1 is 1.29 bits per heavy atom. The minimum atomic E-state index is 0.245. The number of benzene rings is 1. The Morgan fingerprint density at radius 2 is 2.00 bits per heavy atom. The highest BCUT2D eigenvalue weighted by molar-refractivity contribution is 5.27. The highest BCUT2D eigenvalue weighted by Gasteiger charge is 2.00. The lowest BCUT2D eigenvalue weighted by atomic mass is 10.2. The van der Waals surface area contributed by atoms with Crippen molar-refractivity contribution in [3.05, 3.63) is 29.8 Å². The van der Waals surface area contributed by atoms with E-state index in [0.29, 0.717) is 0 Å². The van der Waals surface area contributed by atoms with Gasteiger partial charge in [0.25, 0.3) is 0 Å². The van der Waals surface area contributed by atoms with Gasteiger partial charge in [-0.25, -0.2) is 0 Å². The van der Waals surface area contributed by atoms with Crippen LogP contribution in [-0.2, 0) is 6.54 Å². The SMILES string of the molecule is CCC(C)Oc1ccc(CNCCCO)cc1. The Morgan fingerprint density at radius 3 is 2.59 bits per heavy atom. The number of ether oxygens (including phenoxy) is 1. The van der Waals surface area contributed by atoms with Crippen LogP contribution < -0.4 is 10.1 Å². The minimum Gasteiger partial charge on any atom is -0.491 e. The van der Waals surface area contributed by atoms with Gasteiger partial charge in [-0.05, 0) is 44.0 Å². The Labute approximate surface area is 104 Å². The van der Waals surface area contributed by atoms with Crippen molar-refractivity contribution in [3.63, 3.8) is 0 Å². The van der Waals surface area contributed by atoms with Crippen LogP contribution in [0.4, 0.5) is 0 Å². The van der Waals surface area contributed by atoms with Crippen LogP contribution in [0.25, 0.3) is 0 Å². The van der Waals surface area contributed by atoms with E-state index in [0.717, 1.165) is 31.7 Å².